The van der Waals surface area contributed by atoms with Crippen molar-refractivity contribution in [3.63, 3.8) is 0 Å². The van der Waals surface area contributed by atoms with Crippen LogP contribution in [0.3, 0.4) is 0 Å². The van der Waals surface area contributed by atoms with E-state index in [4.69, 9.17) is 15.0 Å². The van der Waals surface area contributed by atoms with Crippen molar-refractivity contribution in [1.29, 1.82) is 0 Å². The van der Waals surface area contributed by atoms with E-state index in [2.05, 4.69) is 218 Å². The molecule has 0 bridgehead atoms. The van der Waals surface area contributed by atoms with Crippen LogP contribution in [0.25, 0.3) is 99.5 Å². The van der Waals surface area contributed by atoms with Crippen LogP contribution in [-0.4, -0.2) is 15.0 Å². The van der Waals surface area contributed by atoms with Gasteiger partial charge < -0.3 is 0 Å². The fourth-order valence-electron chi connectivity index (χ4n) is 10.7. The maximum absolute atomic E-state index is 5.27. The third kappa shape index (κ3) is 5.72. The van der Waals surface area contributed by atoms with E-state index in [0.29, 0.717) is 17.5 Å². The van der Waals surface area contributed by atoms with Crippen LogP contribution in [0.2, 0.25) is 0 Å². The summed E-state index contributed by atoms with van der Waals surface area (Å²) >= 11 is 0. The highest BCUT2D eigenvalue weighted by Gasteiger charge is 2.46. The molecule has 0 radical (unpaired) electrons. The number of nitrogens with zero attached hydrogens (tertiary/aromatic N) is 3. The highest BCUT2D eigenvalue weighted by Crippen LogP contribution is 2.56. The molecule has 3 nitrogen and oxygen atoms in total. The Morgan fingerprint density at radius 1 is 0.246 bits per heavy atom. The number of aromatic nitrogens is 3. The normalized spacial score (nSPS) is 12.7. The summed E-state index contributed by atoms with van der Waals surface area (Å²) in [5.41, 5.74) is 12.0. The standard InChI is InChI=1S/C62H39N3/c1-4-18-41(19-5-1)59-63-60(42-34-32-40(33-35-42)53-39-55-48-26-11-10-24-46(48)47-25-12-14-29-51(47)58(55)52-30-15-13-27-49(52)53)65-61(64-59)43-36-37-57-54(38-43)50-28-16-17-31-56(50)62(57,44-20-6-2-7-21-44)45-22-8-3-9-23-45/h1-39H. The molecule has 1 aliphatic carbocycles. The van der Waals surface area contributed by atoms with Crippen LogP contribution in [0.15, 0.2) is 237 Å². The minimum absolute atomic E-state index is 0.481. The topological polar surface area (TPSA) is 38.7 Å². The van der Waals surface area contributed by atoms with Gasteiger partial charge in [-0.3, -0.25) is 0 Å². The fraction of sp³-hybridized carbons (Fsp3) is 0.0161. The molecular formula is C62H39N3. The van der Waals surface area contributed by atoms with Gasteiger partial charge in [-0.2, -0.15) is 0 Å². The molecule has 3 heteroatoms. The molecule has 0 aliphatic heterocycles. The van der Waals surface area contributed by atoms with Crippen LogP contribution in [-0.2, 0) is 5.41 Å². The van der Waals surface area contributed by atoms with Crippen molar-refractivity contribution in [3.05, 3.63) is 259 Å². The molecule has 1 heterocycles. The molecule has 0 unspecified atom stereocenters. The summed E-state index contributed by atoms with van der Waals surface area (Å²) in [6.07, 6.45) is 0. The highest BCUT2D eigenvalue weighted by atomic mass is 15.0. The van der Waals surface area contributed by atoms with E-state index in [9.17, 15) is 0 Å². The zero-order valence-electron chi connectivity index (χ0n) is 35.4. The predicted molar refractivity (Wildman–Crippen MR) is 269 cm³/mol. The van der Waals surface area contributed by atoms with Gasteiger partial charge in [0.25, 0.3) is 0 Å². The fourth-order valence-corrected chi connectivity index (χ4v) is 10.7. The number of benzene rings is 11. The van der Waals surface area contributed by atoms with Gasteiger partial charge in [-0.15, -0.1) is 0 Å². The van der Waals surface area contributed by atoms with Crippen molar-refractivity contribution in [2.75, 3.05) is 0 Å². The number of hydrogen-bond donors (Lipinski definition) is 0. The number of hydrogen-bond acceptors (Lipinski definition) is 3. The van der Waals surface area contributed by atoms with E-state index < -0.39 is 5.41 Å². The number of rotatable bonds is 6. The molecule has 12 aromatic rings. The zero-order valence-corrected chi connectivity index (χ0v) is 35.4. The third-order valence-electron chi connectivity index (χ3n) is 13.6. The lowest BCUT2D eigenvalue weighted by Crippen LogP contribution is -2.28. The molecule has 0 atom stereocenters. The second kappa shape index (κ2) is 14.8. The van der Waals surface area contributed by atoms with Gasteiger partial charge in [0, 0.05) is 16.7 Å². The van der Waals surface area contributed by atoms with Gasteiger partial charge in [-0.25, -0.2) is 15.0 Å². The van der Waals surface area contributed by atoms with Crippen molar-refractivity contribution in [3.8, 4) is 56.4 Å². The Morgan fingerprint density at radius 3 is 1.29 bits per heavy atom. The van der Waals surface area contributed by atoms with Crippen LogP contribution in [0.1, 0.15) is 22.3 Å². The summed E-state index contributed by atoms with van der Waals surface area (Å²) in [6.45, 7) is 0. The number of fused-ring (bicyclic) bond motifs is 11. The second-order valence-electron chi connectivity index (χ2n) is 17.0. The molecule has 0 spiro atoms. The van der Waals surface area contributed by atoms with Crippen molar-refractivity contribution in [2.45, 2.75) is 5.41 Å². The van der Waals surface area contributed by atoms with Gasteiger partial charge in [-0.1, -0.05) is 224 Å². The summed E-state index contributed by atoms with van der Waals surface area (Å²) in [5.74, 6) is 1.90. The van der Waals surface area contributed by atoms with Crippen molar-refractivity contribution in [1.82, 2.24) is 15.0 Å². The first-order valence-electron chi connectivity index (χ1n) is 22.3. The molecule has 1 aliphatic rings. The summed E-state index contributed by atoms with van der Waals surface area (Å²) in [4.78, 5) is 15.6. The molecule has 0 fully saturated rings. The van der Waals surface area contributed by atoms with Gasteiger partial charge in [0.15, 0.2) is 17.5 Å². The van der Waals surface area contributed by atoms with E-state index in [-0.39, 0.29) is 0 Å². The average Bonchev–Trinajstić information content (AvgIpc) is 3.69. The Bertz CT molecular complexity index is 3770. The van der Waals surface area contributed by atoms with Gasteiger partial charge in [0.2, 0.25) is 0 Å². The first-order chi connectivity index (χ1) is 32.2. The first-order valence-corrected chi connectivity index (χ1v) is 22.3. The largest absolute Gasteiger partial charge is 0.208 e. The summed E-state index contributed by atoms with van der Waals surface area (Å²) in [5, 5.41) is 10.1. The lowest BCUT2D eigenvalue weighted by atomic mass is 9.67. The van der Waals surface area contributed by atoms with Crippen molar-refractivity contribution < 1.29 is 0 Å². The Hall–Kier alpha value is -8.53. The predicted octanol–water partition coefficient (Wildman–Crippen LogP) is 15.5. The second-order valence-corrected chi connectivity index (χ2v) is 17.0. The lowest BCUT2D eigenvalue weighted by molar-refractivity contribution is 0.768. The van der Waals surface area contributed by atoms with Crippen molar-refractivity contribution >= 4 is 43.1 Å². The van der Waals surface area contributed by atoms with Gasteiger partial charge in [0.1, 0.15) is 0 Å². The molecule has 65 heavy (non-hydrogen) atoms. The highest BCUT2D eigenvalue weighted by molar-refractivity contribution is 6.33. The van der Waals surface area contributed by atoms with Crippen LogP contribution in [0, 0.1) is 0 Å². The van der Waals surface area contributed by atoms with E-state index in [0.717, 1.165) is 22.3 Å². The third-order valence-corrected chi connectivity index (χ3v) is 13.6. The molecular weight excluding hydrogens is 787 g/mol. The maximum atomic E-state index is 5.27. The SMILES string of the molecule is c1ccc(-c2nc(-c3ccc(-c4cc5c6ccccc6c6ccccc6c5c5ccccc45)cc3)nc(-c3ccc4c(c3)-c3ccccc3C4(c3ccccc3)c3ccccc3)n2)cc1. The Labute approximate surface area is 377 Å². The van der Waals surface area contributed by atoms with Crippen LogP contribution < -0.4 is 0 Å². The van der Waals surface area contributed by atoms with Crippen LogP contribution in [0.4, 0.5) is 0 Å². The smallest absolute Gasteiger partial charge is 0.164 e. The maximum Gasteiger partial charge on any atom is 0.164 e. The van der Waals surface area contributed by atoms with E-state index >= 15 is 0 Å². The molecule has 11 aromatic carbocycles. The minimum atomic E-state index is -0.481. The van der Waals surface area contributed by atoms with Crippen LogP contribution >= 0.6 is 0 Å². The first kappa shape index (κ1) is 37.1. The summed E-state index contributed by atoms with van der Waals surface area (Å²) < 4.78 is 0. The Morgan fingerprint density at radius 2 is 0.662 bits per heavy atom. The average molecular weight is 826 g/mol. The minimum Gasteiger partial charge on any atom is -0.208 e. The summed E-state index contributed by atoms with van der Waals surface area (Å²) in [7, 11) is 0. The molecule has 0 saturated heterocycles. The van der Waals surface area contributed by atoms with Crippen LogP contribution in [0.5, 0.6) is 0 Å². The van der Waals surface area contributed by atoms with Gasteiger partial charge in [-0.05, 0) is 99.7 Å². The van der Waals surface area contributed by atoms with E-state index in [1.54, 1.807) is 0 Å². The Balaban J connectivity index is 0.968. The zero-order chi connectivity index (χ0) is 42.9. The molecule has 0 saturated carbocycles. The van der Waals surface area contributed by atoms with E-state index in [1.807, 2.05) is 18.2 Å². The van der Waals surface area contributed by atoms with Gasteiger partial charge >= 0.3 is 0 Å². The molecule has 13 rings (SSSR count). The Kier molecular flexibility index (Phi) is 8.44. The lowest BCUT2D eigenvalue weighted by Gasteiger charge is -2.33. The summed E-state index contributed by atoms with van der Waals surface area (Å²) in [6, 6.07) is 85.3. The molecule has 1 aromatic heterocycles. The van der Waals surface area contributed by atoms with E-state index in [1.165, 1.54) is 82.0 Å². The monoisotopic (exact) mass is 825 g/mol. The molecule has 302 valence electrons. The molecule has 0 N–H and O–H groups in total. The van der Waals surface area contributed by atoms with Crippen molar-refractivity contribution in [2.24, 2.45) is 0 Å². The van der Waals surface area contributed by atoms with Gasteiger partial charge in [0.05, 0.1) is 5.41 Å². The quantitative estimate of drug-likeness (QED) is 0.157. The molecule has 0 amide bonds.